The SMILES string of the molecule is COC(=O)/C(=C/C1[C@H]2CCC[C@@H]12)c1csc(NC(C)=O)n1. The van der Waals surface area contributed by atoms with E-state index in [4.69, 9.17) is 4.74 Å². The van der Waals surface area contributed by atoms with Crippen molar-refractivity contribution in [3.8, 4) is 0 Å². The topological polar surface area (TPSA) is 68.3 Å². The number of carbonyl (C=O) groups is 2. The van der Waals surface area contributed by atoms with Gasteiger partial charge in [0.05, 0.1) is 18.4 Å². The third-order valence-corrected chi connectivity index (χ3v) is 5.06. The summed E-state index contributed by atoms with van der Waals surface area (Å²) in [4.78, 5) is 27.4. The van der Waals surface area contributed by atoms with Crippen LogP contribution in [0.2, 0.25) is 0 Å². The quantitative estimate of drug-likeness (QED) is 0.686. The Labute approximate surface area is 127 Å². The summed E-state index contributed by atoms with van der Waals surface area (Å²) >= 11 is 1.31. The molecule has 5 nitrogen and oxygen atoms in total. The van der Waals surface area contributed by atoms with Crippen molar-refractivity contribution in [3.05, 3.63) is 17.2 Å². The molecule has 1 N–H and O–H groups in total. The van der Waals surface area contributed by atoms with Crippen LogP contribution < -0.4 is 5.32 Å². The van der Waals surface area contributed by atoms with Crippen molar-refractivity contribution in [1.29, 1.82) is 0 Å². The maximum absolute atomic E-state index is 12.0. The Bertz CT molecular complexity index is 598. The Balaban J connectivity index is 1.82. The van der Waals surface area contributed by atoms with Crippen molar-refractivity contribution in [2.24, 2.45) is 17.8 Å². The molecule has 112 valence electrons. The van der Waals surface area contributed by atoms with E-state index in [-0.39, 0.29) is 11.9 Å². The van der Waals surface area contributed by atoms with Crippen molar-refractivity contribution in [2.75, 3.05) is 12.4 Å². The van der Waals surface area contributed by atoms with Crippen LogP contribution in [0, 0.1) is 17.8 Å². The number of nitrogens with one attached hydrogen (secondary N) is 1. The number of thiazole rings is 1. The smallest absolute Gasteiger partial charge is 0.339 e. The molecule has 1 aromatic heterocycles. The fourth-order valence-electron chi connectivity index (χ4n) is 3.29. The Morgan fingerprint density at radius 1 is 1.43 bits per heavy atom. The molecule has 0 saturated heterocycles. The lowest BCUT2D eigenvalue weighted by atomic mass is 10.1. The van der Waals surface area contributed by atoms with Crippen molar-refractivity contribution in [1.82, 2.24) is 4.98 Å². The van der Waals surface area contributed by atoms with Gasteiger partial charge in [0.25, 0.3) is 0 Å². The first-order valence-electron chi connectivity index (χ1n) is 7.13. The highest BCUT2D eigenvalue weighted by Gasteiger charge is 2.51. The molecule has 2 saturated carbocycles. The first kappa shape index (κ1) is 14.3. The molecule has 0 aliphatic heterocycles. The summed E-state index contributed by atoms with van der Waals surface area (Å²) in [5.41, 5.74) is 1.10. The van der Waals surface area contributed by atoms with E-state index in [9.17, 15) is 9.59 Å². The van der Waals surface area contributed by atoms with E-state index in [1.165, 1.54) is 44.6 Å². The Kier molecular flexibility index (Phi) is 3.80. The molecule has 2 fully saturated rings. The molecular weight excluding hydrogens is 288 g/mol. The van der Waals surface area contributed by atoms with Gasteiger partial charge in [-0.1, -0.05) is 12.5 Å². The Morgan fingerprint density at radius 2 is 2.14 bits per heavy atom. The largest absolute Gasteiger partial charge is 0.465 e. The number of methoxy groups -OCH3 is 1. The number of hydrogen-bond donors (Lipinski definition) is 1. The predicted octanol–water partition coefficient (Wildman–Crippen LogP) is 2.70. The van der Waals surface area contributed by atoms with Crippen molar-refractivity contribution >= 4 is 33.9 Å². The molecular formula is C15H18N2O3S. The molecule has 1 heterocycles. The number of ether oxygens (including phenoxy) is 1. The van der Waals surface area contributed by atoms with Crippen LogP contribution >= 0.6 is 11.3 Å². The van der Waals surface area contributed by atoms with Gasteiger partial charge < -0.3 is 10.1 Å². The lowest BCUT2D eigenvalue weighted by Crippen LogP contribution is -2.07. The minimum atomic E-state index is -0.361. The van der Waals surface area contributed by atoms with E-state index in [0.29, 0.717) is 22.3 Å². The second kappa shape index (κ2) is 5.60. The van der Waals surface area contributed by atoms with Crippen LogP contribution in [0.4, 0.5) is 5.13 Å². The molecule has 2 aliphatic rings. The van der Waals surface area contributed by atoms with Gasteiger partial charge in [0, 0.05) is 12.3 Å². The number of anilines is 1. The van der Waals surface area contributed by atoms with Gasteiger partial charge in [-0.2, -0.15) is 0 Å². The molecule has 1 amide bonds. The summed E-state index contributed by atoms with van der Waals surface area (Å²) in [6.45, 7) is 1.43. The molecule has 3 rings (SSSR count). The summed E-state index contributed by atoms with van der Waals surface area (Å²) in [6, 6.07) is 0. The molecule has 1 unspecified atom stereocenters. The lowest BCUT2D eigenvalue weighted by molar-refractivity contribution is -0.133. The van der Waals surface area contributed by atoms with Crippen LogP contribution in [0.25, 0.3) is 5.57 Å². The Hall–Kier alpha value is -1.69. The van der Waals surface area contributed by atoms with Crippen LogP contribution in [0.3, 0.4) is 0 Å². The molecule has 0 bridgehead atoms. The molecule has 1 aromatic rings. The number of allylic oxidation sites excluding steroid dienone is 1. The van der Waals surface area contributed by atoms with Gasteiger partial charge >= 0.3 is 5.97 Å². The molecule has 6 heteroatoms. The maximum Gasteiger partial charge on any atom is 0.339 e. The Morgan fingerprint density at radius 3 is 2.76 bits per heavy atom. The number of nitrogens with zero attached hydrogens (tertiary/aromatic N) is 1. The highest BCUT2D eigenvalue weighted by atomic mass is 32.1. The van der Waals surface area contributed by atoms with Gasteiger partial charge in [0.1, 0.15) is 0 Å². The fourth-order valence-corrected chi connectivity index (χ4v) is 4.05. The normalized spacial score (nSPS) is 27.1. The standard InChI is InChI=1S/C15H18N2O3S/c1-8(18)16-15-17-13(7-21-15)12(14(19)20-2)6-11-9-4-3-5-10(9)11/h6-7,9-11H,3-5H2,1-2H3,(H,16,17,18)/b12-6+/t9-,10+,11?. The monoisotopic (exact) mass is 306 g/mol. The van der Waals surface area contributed by atoms with Crippen molar-refractivity contribution in [2.45, 2.75) is 26.2 Å². The highest BCUT2D eigenvalue weighted by molar-refractivity contribution is 7.14. The van der Waals surface area contributed by atoms with Gasteiger partial charge in [-0.3, -0.25) is 4.79 Å². The van der Waals surface area contributed by atoms with E-state index >= 15 is 0 Å². The van der Waals surface area contributed by atoms with Crippen molar-refractivity contribution in [3.63, 3.8) is 0 Å². The van der Waals surface area contributed by atoms with Crippen LogP contribution in [-0.4, -0.2) is 24.0 Å². The number of esters is 1. The second-order valence-corrected chi connectivity index (χ2v) is 6.49. The zero-order chi connectivity index (χ0) is 15.0. The minimum absolute atomic E-state index is 0.170. The first-order chi connectivity index (χ1) is 10.1. The van der Waals surface area contributed by atoms with E-state index in [1.54, 1.807) is 5.38 Å². The van der Waals surface area contributed by atoms with E-state index in [2.05, 4.69) is 10.3 Å². The average Bonchev–Trinajstić information content (AvgIpc) is 2.88. The number of rotatable bonds is 4. The number of fused-ring (bicyclic) bond motifs is 1. The number of carbonyl (C=O) groups excluding carboxylic acids is 2. The maximum atomic E-state index is 12.0. The molecule has 0 spiro atoms. The van der Waals surface area contributed by atoms with Gasteiger partial charge in [-0.25, -0.2) is 9.78 Å². The van der Waals surface area contributed by atoms with Crippen LogP contribution in [0.15, 0.2) is 11.5 Å². The summed E-state index contributed by atoms with van der Waals surface area (Å²) in [6.07, 6.45) is 5.84. The number of aromatic nitrogens is 1. The average molecular weight is 306 g/mol. The minimum Gasteiger partial charge on any atom is -0.465 e. The summed E-state index contributed by atoms with van der Waals surface area (Å²) in [5, 5.41) is 4.92. The van der Waals surface area contributed by atoms with Gasteiger partial charge in [-0.05, 0) is 30.6 Å². The van der Waals surface area contributed by atoms with Crippen LogP contribution in [0.5, 0.6) is 0 Å². The summed E-state index contributed by atoms with van der Waals surface area (Å²) in [7, 11) is 1.38. The highest BCUT2D eigenvalue weighted by Crippen LogP contribution is 2.58. The van der Waals surface area contributed by atoms with Crippen LogP contribution in [0.1, 0.15) is 31.9 Å². The second-order valence-electron chi connectivity index (χ2n) is 5.63. The third kappa shape index (κ3) is 2.85. The summed E-state index contributed by atoms with van der Waals surface area (Å²) in [5.74, 6) is 1.42. The van der Waals surface area contributed by atoms with Crippen LogP contribution in [-0.2, 0) is 14.3 Å². The molecule has 0 aromatic carbocycles. The lowest BCUT2D eigenvalue weighted by Gasteiger charge is -2.04. The predicted molar refractivity (Wildman–Crippen MR) is 80.7 cm³/mol. The van der Waals surface area contributed by atoms with E-state index in [1.807, 2.05) is 6.08 Å². The zero-order valence-electron chi connectivity index (χ0n) is 12.1. The molecule has 3 atom stereocenters. The van der Waals surface area contributed by atoms with Gasteiger partial charge in [-0.15, -0.1) is 11.3 Å². The van der Waals surface area contributed by atoms with E-state index in [0.717, 1.165) is 11.8 Å². The molecule has 21 heavy (non-hydrogen) atoms. The van der Waals surface area contributed by atoms with E-state index < -0.39 is 0 Å². The van der Waals surface area contributed by atoms with Gasteiger partial charge in [0.2, 0.25) is 5.91 Å². The molecule has 2 aliphatic carbocycles. The van der Waals surface area contributed by atoms with Gasteiger partial charge in [0.15, 0.2) is 5.13 Å². The summed E-state index contributed by atoms with van der Waals surface area (Å²) < 4.78 is 4.88. The first-order valence-corrected chi connectivity index (χ1v) is 8.01. The third-order valence-electron chi connectivity index (χ3n) is 4.30. The zero-order valence-corrected chi connectivity index (χ0v) is 12.9. The fraction of sp³-hybridized carbons (Fsp3) is 0.533. The number of hydrogen-bond acceptors (Lipinski definition) is 5. The molecule has 0 radical (unpaired) electrons. The van der Waals surface area contributed by atoms with Crippen molar-refractivity contribution < 1.29 is 14.3 Å². The number of amides is 1.